The molecule has 0 aromatic heterocycles. The Morgan fingerprint density at radius 1 is 0.955 bits per heavy atom. The Morgan fingerprint density at radius 3 is 2.27 bits per heavy atom. The van der Waals surface area contributed by atoms with Crippen LogP contribution in [0.3, 0.4) is 0 Å². The number of benzene rings is 2. The Labute approximate surface area is 133 Å². The van der Waals surface area contributed by atoms with Crippen molar-refractivity contribution in [2.24, 2.45) is 0 Å². The van der Waals surface area contributed by atoms with Gasteiger partial charge in [-0.2, -0.15) is 0 Å². The van der Waals surface area contributed by atoms with E-state index < -0.39 is 0 Å². The minimum atomic E-state index is 0.0261. The summed E-state index contributed by atoms with van der Waals surface area (Å²) in [5.41, 5.74) is 7.11. The fourth-order valence-electron chi connectivity index (χ4n) is 2.85. The number of aryl methyl sites for hydroxylation is 4. The zero-order chi connectivity index (χ0) is 16.3. The third kappa shape index (κ3) is 3.97. The maximum atomic E-state index is 12.3. The van der Waals surface area contributed by atoms with Crippen LogP contribution < -0.4 is 5.32 Å². The Hall–Kier alpha value is -2.09. The van der Waals surface area contributed by atoms with Crippen molar-refractivity contribution in [1.29, 1.82) is 0 Å². The molecule has 0 bridgehead atoms. The molecule has 0 heterocycles. The van der Waals surface area contributed by atoms with Gasteiger partial charge in [-0.1, -0.05) is 47.5 Å². The van der Waals surface area contributed by atoms with E-state index in [0.29, 0.717) is 6.42 Å². The first kappa shape index (κ1) is 16.3. The highest BCUT2D eigenvalue weighted by molar-refractivity contribution is 5.79. The highest BCUT2D eigenvalue weighted by atomic mass is 16.1. The van der Waals surface area contributed by atoms with E-state index in [4.69, 9.17) is 0 Å². The predicted octanol–water partition coefficient (Wildman–Crippen LogP) is 4.34. The first-order valence-electron chi connectivity index (χ1n) is 7.79. The smallest absolute Gasteiger partial charge is 0.224 e. The summed E-state index contributed by atoms with van der Waals surface area (Å²) in [6.45, 7) is 10.3. The minimum absolute atomic E-state index is 0.0261. The molecule has 1 atom stereocenters. The molecular formula is C20H25NO. The molecule has 2 nitrogen and oxygen atoms in total. The van der Waals surface area contributed by atoms with Crippen molar-refractivity contribution in [2.45, 2.75) is 47.1 Å². The zero-order valence-corrected chi connectivity index (χ0v) is 14.2. The van der Waals surface area contributed by atoms with Crippen molar-refractivity contribution >= 4 is 5.91 Å². The van der Waals surface area contributed by atoms with Crippen molar-refractivity contribution in [3.63, 3.8) is 0 Å². The molecule has 0 spiro atoms. The molecule has 0 fully saturated rings. The molecule has 0 radical (unpaired) electrons. The molecule has 2 heteroatoms. The average Bonchev–Trinajstić information content (AvgIpc) is 2.42. The van der Waals surface area contributed by atoms with Gasteiger partial charge in [0, 0.05) is 0 Å². The topological polar surface area (TPSA) is 29.1 Å². The summed E-state index contributed by atoms with van der Waals surface area (Å²) in [6.07, 6.45) is 0.433. The number of rotatable bonds is 4. The second-order valence-electron chi connectivity index (χ2n) is 6.26. The SMILES string of the molecule is Cc1ccc([C@@H](C)NC(=O)Cc2cc(C)ccc2C)c(C)c1. The van der Waals surface area contributed by atoms with E-state index in [1.807, 2.05) is 6.92 Å². The second-order valence-corrected chi connectivity index (χ2v) is 6.26. The summed E-state index contributed by atoms with van der Waals surface area (Å²) in [5, 5.41) is 3.11. The first-order valence-corrected chi connectivity index (χ1v) is 7.79. The van der Waals surface area contributed by atoms with Gasteiger partial charge in [-0.05, 0) is 56.9 Å². The number of nitrogens with one attached hydrogen (secondary N) is 1. The molecule has 2 aromatic rings. The van der Waals surface area contributed by atoms with Gasteiger partial charge >= 0.3 is 0 Å². The Balaban J connectivity index is 2.06. The van der Waals surface area contributed by atoms with E-state index in [2.05, 4.69) is 69.4 Å². The van der Waals surface area contributed by atoms with Gasteiger partial charge in [0.25, 0.3) is 0 Å². The van der Waals surface area contributed by atoms with Crippen molar-refractivity contribution in [3.8, 4) is 0 Å². The maximum Gasteiger partial charge on any atom is 0.224 e. The summed E-state index contributed by atoms with van der Waals surface area (Å²) in [7, 11) is 0. The lowest BCUT2D eigenvalue weighted by molar-refractivity contribution is -0.121. The predicted molar refractivity (Wildman–Crippen MR) is 92.1 cm³/mol. The van der Waals surface area contributed by atoms with E-state index in [0.717, 1.165) is 5.56 Å². The molecule has 0 aliphatic carbocycles. The Morgan fingerprint density at radius 2 is 1.59 bits per heavy atom. The molecular weight excluding hydrogens is 270 g/mol. The van der Waals surface area contributed by atoms with Gasteiger partial charge < -0.3 is 5.32 Å². The van der Waals surface area contributed by atoms with Crippen molar-refractivity contribution < 1.29 is 4.79 Å². The molecule has 0 aliphatic heterocycles. The van der Waals surface area contributed by atoms with Gasteiger partial charge in [-0.25, -0.2) is 0 Å². The van der Waals surface area contributed by atoms with Crippen LogP contribution in [-0.2, 0) is 11.2 Å². The lowest BCUT2D eigenvalue weighted by Crippen LogP contribution is -2.28. The maximum absolute atomic E-state index is 12.3. The van der Waals surface area contributed by atoms with E-state index in [1.165, 1.54) is 27.8 Å². The van der Waals surface area contributed by atoms with Gasteiger partial charge in [0.2, 0.25) is 5.91 Å². The van der Waals surface area contributed by atoms with Crippen LogP contribution in [0.2, 0.25) is 0 Å². The van der Waals surface area contributed by atoms with Crippen molar-refractivity contribution in [2.75, 3.05) is 0 Å². The molecule has 1 amide bonds. The third-order valence-electron chi connectivity index (χ3n) is 4.12. The fraction of sp³-hybridized carbons (Fsp3) is 0.350. The van der Waals surface area contributed by atoms with Crippen LogP contribution in [0.25, 0.3) is 0 Å². The van der Waals surface area contributed by atoms with Crippen LogP contribution >= 0.6 is 0 Å². The van der Waals surface area contributed by atoms with Crippen LogP contribution in [0.4, 0.5) is 0 Å². The molecule has 116 valence electrons. The normalized spacial score (nSPS) is 12.0. The highest BCUT2D eigenvalue weighted by Crippen LogP contribution is 2.19. The highest BCUT2D eigenvalue weighted by Gasteiger charge is 2.13. The van der Waals surface area contributed by atoms with Gasteiger partial charge in [-0.3, -0.25) is 4.79 Å². The summed E-state index contributed by atoms with van der Waals surface area (Å²) in [4.78, 5) is 12.3. The summed E-state index contributed by atoms with van der Waals surface area (Å²) in [6, 6.07) is 12.6. The molecule has 2 aromatic carbocycles. The van der Waals surface area contributed by atoms with Crippen LogP contribution in [-0.4, -0.2) is 5.91 Å². The monoisotopic (exact) mass is 295 g/mol. The van der Waals surface area contributed by atoms with E-state index in [1.54, 1.807) is 0 Å². The summed E-state index contributed by atoms with van der Waals surface area (Å²) in [5.74, 6) is 0.0705. The molecule has 0 saturated carbocycles. The first-order chi connectivity index (χ1) is 10.4. The molecule has 22 heavy (non-hydrogen) atoms. The quantitative estimate of drug-likeness (QED) is 0.893. The average molecular weight is 295 g/mol. The number of hydrogen-bond donors (Lipinski definition) is 1. The zero-order valence-electron chi connectivity index (χ0n) is 14.2. The molecule has 1 N–H and O–H groups in total. The van der Waals surface area contributed by atoms with E-state index >= 15 is 0 Å². The van der Waals surface area contributed by atoms with Gasteiger partial charge in [0.1, 0.15) is 0 Å². The van der Waals surface area contributed by atoms with Crippen LogP contribution in [0.5, 0.6) is 0 Å². The fourth-order valence-corrected chi connectivity index (χ4v) is 2.85. The summed E-state index contributed by atoms with van der Waals surface area (Å²) < 4.78 is 0. The lowest BCUT2D eigenvalue weighted by atomic mass is 9.99. The van der Waals surface area contributed by atoms with Crippen LogP contribution in [0.1, 0.15) is 46.3 Å². The minimum Gasteiger partial charge on any atom is -0.349 e. The number of hydrogen-bond acceptors (Lipinski definition) is 1. The van der Waals surface area contributed by atoms with Gasteiger partial charge in [0.15, 0.2) is 0 Å². The molecule has 0 saturated heterocycles. The molecule has 2 rings (SSSR count). The number of amides is 1. The van der Waals surface area contributed by atoms with Crippen LogP contribution in [0.15, 0.2) is 36.4 Å². The van der Waals surface area contributed by atoms with Gasteiger partial charge in [-0.15, -0.1) is 0 Å². The summed E-state index contributed by atoms with van der Waals surface area (Å²) >= 11 is 0. The Bertz CT molecular complexity index is 688. The number of carbonyl (C=O) groups is 1. The molecule has 0 unspecified atom stereocenters. The van der Waals surface area contributed by atoms with Crippen LogP contribution in [0, 0.1) is 27.7 Å². The number of carbonyl (C=O) groups excluding carboxylic acids is 1. The van der Waals surface area contributed by atoms with Gasteiger partial charge in [0.05, 0.1) is 12.5 Å². The van der Waals surface area contributed by atoms with E-state index in [9.17, 15) is 4.79 Å². The van der Waals surface area contributed by atoms with E-state index in [-0.39, 0.29) is 11.9 Å². The standard InChI is InChI=1S/C20H25NO/c1-13-7-9-19(16(4)10-13)17(5)21-20(22)12-18-11-14(2)6-8-15(18)3/h6-11,17H,12H2,1-5H3,(H,21,22)/t17-/m1/s1. The third-order valence-corrected chi connectivity index (χ3v) is 4.12. The lowest BCUT2D eigenvalue weighted by Gasteiger charge is -2.17. The van der Waals surface area contributed by atoms with Crippen molar-refractivity contribution in [1.82, 2.24) is 5.32 Å². The molecule has 0 aliphatic rings. The second kappa shape index (κ2) is 6.78. The largest absolute Gasteiger partial charge is 0.349 e. The Kier molecular flexibility index (Phi) is 5.02. The van der Waals surface area contributed by atoms with Crippen molar-refractivity contribution in [3.05, 3.63) is 69.8 Å².